The van der Waals surface area contributed by atoms with Gasteiger partial charge in [-0.15, -0.1) is 0 Å². The molecular formula is C25H28N6O3. The van der Waals surface area contributed by atoms with Crippen LogP contribution in [0.2, 0.25) is 0 Å². The molecule has 0 spiro atoms. The minimum absolute atomic E-state index is 0.279. The van der Waals surface area contributed by atoms with Crippen LogP contribution in [0.4, 0.5) is 11.6 Å². The number of carbonyl (C=O) groups excluding carboxylic acids is 2. The van der Waals surface area contributed by atoms with Gasteiger partial charge in [-0.25, -0.2) is 14.8 Å². The van der Waals surface area contributed by atoms with Crippen LogP contribution >= 0.6 is 0 Å². The first-order chi connectivity index (χ1) is 16.5. The molecule has 1 aliphatic carbocycles. The topological polar surface area (TPSA) is 102 Å². The summed E-state index contributed by atoms with van der Waals surface area (Å²) in [7, 11) is 1.36. The average molecular weight is 461 g/mol. The van der Waals surface area contributed by atoms with Crippen LogP contribution < -0.4 is 5.32 Å². The number of amides is 1. The van der Waals surface area contributed by atoms with Gasteiger partial charge in [0.15, 0.2) is 0 Å². The van der Waals surface area contributed by atoms with E-state index in [1.165, 1.54) is 7.11 Å². The fourth-order valence-corrected chi connectivity index (χ4v) is 4.35. The molecule has 2 fully saturated rings. The molecule has 1 aliphatic heterocycles. The van der Waals surface area contributed by atoms with Crippen LogP contribution in [0.5, 0.6) is 0 Å². The molecule has 0 unspecified atom stereocenters. The highest BCUT2D eigenvalue weighted by atomic mass is 16.5. The van der Waals surface area contributed by atoms with Gasteiger partial charge in [0.1, 0.15) is 0 Å². The molecule has 3 heterocycles. The molecule has 1 saturated heterocycles. The van der Waals surface area contributed by atoms with Crippen LogP contribution in [0.15, 0.2) is 42.9 Å². The number of ether oxygens (including phenoxy) is 1. The SMILES string of the molecule is COC(=O)c1ccc(-c2nc(Nc3cnn(C4CCN(C(=O)C5CC5)CC4)c3)ncc2C)cc1. The molecule has 1 amide bonds. The van der Waals surface area contributed by atoms with Gasteiger partial charge in [-0.3, -0.25) is 9.48 Å². The summed E-state index contributed by atoms with van der Waals surface area (Å²) in [4.78, 5) is 35.1. The molecule has 2 aliphatic rings. The maximum Gasteiger partial charge on any atom is 0.337 e. The van der Waals surface area contributed by atoms with E-state index in [0.717, 1.165) is 61.3 Å². The molecule has 9 heteroatoms. The molecular weight excluding hydrogens is 432 g/mol. The monoisotopic (exact) mass is 460 g/mol. The number of aromatic nitrogens is 4. The zero-order valence-corrected chi connectivity index (χ0v) is 19.4. The van der Waals surface area contributed by atoms with E-state index in [-0.39, 0.29) is 17.9 Å². The molecule has 1 N–H and O–H groups in total. The predicted molar refractivity (Wildman–Crippen MR) is 127 cm³/mol. The fraction of sp³-hybridized carbons (Fsp3) is 0.400. The van der Waals surface area contributed by atoms with Gasteiger partial charge in [0.05, 0.1) is 36.3 Å². The van der Waals surface area contributed by atoms with E-state index in [2.05, 4.69) is 20.4 Å². The number of esters is 1. The molecule has 5 rings (SSSR count). The minimum atomic E-state index is -0.370. The number of anilines is 2. The van der Waals surface area contributed by atoms with Gasteiger partial charge in [-0.2, -0.15) is 5.10 Å². The van der Waals surface area contributed by atoms with Crippen molar-refractivity contribution in [1.82, 2.24) is 24.6 Å². The first-order valence-corrected chi connectivity index (χ1v) is 11.6. The molecule has 3 aromatic rings. The van der Waals surface area contributed by atoms with Gasteiger partial charge in [0, 0.05) is 37.0 Å². The number of methoxy groups -OCH3 is 1. The third-order valence-electron chi connectivity index (χ3n) is 6.49. The summed E-state index contributed by atoms with van der Waals surface area (Å²) in [6, 6.07) is 7.43. The first-order valence-electron chi connectivity index (χ1n) is 11.6. The van der Waals surface area contributed by atoms with E-state index in [1.807, 2.05) is 34.8 Å². The van der Waals surface area contributed by atoms with Gasteiger partial charge < -0.3 is 15.0 Å². The minimum Gasteiger partial charge on any atom is -0.465 e. The Morgan fingerprint density at radius 1 is 1.06 bits per heavy atom. The molecule has 2 aromatic heterocycles. The summed E-state index contributed by atoms with van der Waals surface area (Å²) in [6.45, 7) is 3.54. The highest BCUT2D eigenvalue weighted by Gasteiger charge is 2.35. The van der Waals surface area contributed by atoms with E-state index in [4.69, 9.17) is 4.74 Å². The second-order valence-corrected chi connectivity index (χ2v) is 8.96. The highest BCUT2D eigenvalue weighted by molar-refractivity contribution is 5.90. The molecule has 0 radical (unpaired) electrons. The predicted octanol–water partition coefficient (Wildman–Crippen LogP) is 3.75. The second kappa shape index (κ2) is 9.24. The summed E-state index contributed by atoms with van der Waals surface area (Å²) in [5, 5.41) is 7.78. The van der Waals surface area contributed by atoms with Crippen molar-refractivity contribution in [1.29, 1.82) is 0 Å². The molecule has 176 valence electrons. The maximum atomic E-state index is 12.3. The van der Waals surface area contributed by atoms with Crippen molar-refractivity contribution in [2.24, 2.45) is 5.92 Å². The quantitative estimate of drug-likeness (QED) is 0.559. The number of nitrogens with one attached hydrogen (secondary N) is 1. The summed E-state index contributed by atoms with van der Waals surface area (Å²) in [5.74, 6) is 0.711. The first kappa shape index (κ1) is 22.1. The zero-order valence-electron chi connectivity index (χ0n) is 19.4. The number of aryl methyl sites for hydroxylation is 1. The Kier molecular flexibility index (Phi) is 6.00. The lowest BCUT2D eigenvalue weighted by Gasteiger charge is -2.32. The van der Waals surface area contributed by atoms with Crippen LogP contribution in [0, 0.1) is 12.8 Å². The molecule has 1 aromatic carbocycles. The molecule has 0 atom stereocenters. The summed E-state index contributed by atoms with van der Waals surface area (Å²) in [6.07, 6.45) is 9.44. The Labute approximate surface area is 198 Å². The lowest BCUT2D eigenvalue weighted by molar-refractivity contribution is -0.133. The largest absolute Gasteiger partial charge is 0.465 e. The summed E-state index contributed by atoms with van der Waals surface area (Å²) < 4.78 is 6.74. The maximum absolute atomic E-state index is 12.3. The van der Waals surface area contributed by atoms with Gasteiger partial charge in [-0.1, -0.05) is 12.1 Å². The van der Waals surface area contributed by atoms with E-state index in [9.17, 15) is 9.59 Å². The van der Waals surface area contributed by atoms with Gasteiger partial charge >= 0.3 is 5.97 Å². The molecule has 9 nitrogen and oxygen atoms in total. The average Bonchev–Trinajstić information content (AvgIpc) is 3.63. The van der Waals surface area contributed by atoms with Crippen molar-refractivity contribution in [3.63, 3.8) is 0 Å². The third kappa shape index (κ3) is 4.64. The van der Waals surface area contributed by atoms with E-state index < -0.39 is 0 Å². The summed E-state index contributed by atoms with van der Waals surface area (Å²) >= 11 is 0. The van der Waals surface area contributed by atoms with Crippen LogP contribution in [-0.2, 0) is 9.53 Å². The normalized spacial score (nSPS) is 16.4. The second-order valence-electron chi connectivity index (χ2n) is 8.96. The number of hydrogen-bond acceptors (Lipinski definition) is 7. The Morgan fingerprint density at radius 3 is 2.47 bits per heavy atom. The van der Waals surface area contributed by atoms with Crippen molar-refractivity contribution in [2.45, 2.75) is 38.6 Å². The van der Waals surface area contributed by atoms with E-state index in [0.29, 0.717) is 17.4 Å². The smallest absolute Gasteiger partial charge is 0.337 e. The fourth-order valence-electron chi connectivity index (χ4n) is 4.35. The number of benzene rings is 1. The van der Waals surface area contributed by atoms with Crippen LogP contribution in [-0.4, -0.2) is 56.7 Å². The van der Waals surface area contributed by atoms with Gasteiger partial charge in [0.2, 0.25) is 11.9 Å². The number of carbonyl (C=O) groups is 2. The van der Waals surface area contributed by atoms with Crippen LogP contribution in [0.25, 0.3) is 11.3 Å². The number of piperidine rings is 1. The highest BCUT2D eigenvalue weighted by Crippen LogP contribution is 2.33. The molecule has 0 bridgehead atoms. The van der Waals surface area contributed by atoms with Crippen LogP contribution in [0.1, 0.15) is 47.6 Å². The third-order valence-corrected chi connectivity index (χ3v) is 6.49. The Balaban J connectivity index is 1.25. The van der Waals surface area contributed by atoms with Crippen molar-refractivity contribution in [2.75, 3.05) is 25.5 Å². The number of hydrogen-bond donors (Lipinski definition) is 1. The zero-order chi connectivity index (χ0) is 23.7. The van der Waals surface area contributed by atoms with Crippen molar-refractivity contribution >= 4 is 23.5 Å². The summed E-state index contributed by atoms with van der Waals surface area (Å²) in [5.41, 5.74) is 3.91. The molecule has 34 heavy (non-hydrogen) atoms. The lowest BCUT2D eigenvalue weighted by atomic mass is 10.0. The Hall–Kier alpha value is -3.75. The standard InChI is InChI=1S/C25H28N6O3/c1-16-13-26-25(29-22(16)17-3-7-19(8-4-17)24(33)34-2)28-20-14-27-31(15-20)21-9-11-30(12-10-21)23(32)18-5-6-18/h3-4,7-8,13-15,18,21H,5-6,9-12H2,1-2H3,(H,26,28,29). The Bertz CT molecular complexity index is 1190. The van der Waals surface area contributed by atoms with Gasteiger partial charge in [0.25, 0.3) is 0 Å². The van der Waals surface area contributed by atoms with Crippen molar-refractivity contribution < 1.29 is 14.3 Å². The van der Waals surface area contributed by atoms with Crippen LogP contribution in [0.3, 0.4) is 0 Å². The number of likely N-dealkylation sites (tertiary alicyclic amines) is 1. The van der Waals surface area contributed by atoms with Gasteiger partial charge in [-0.05, 0) is 50.3 Å². The Morgan fingerprint density at radius 2 is 1.79 bits per heavy atom. The van der Waals surface area contributed by atoms with E-state index in [1.54, 1.807) is 24.5 Å². The van der Waals surface area contributed by atoms with Crippen molar-refractivity contribution in [3.8, 4) is 11.3 Å². The van der Waals surface area contributed by atoms with Crippen molar-refractivity contribution in [3.05, 3.63) is 54.0 Å². The number of nitrogens with zero attached hydrogens (tertiary/aromatic N) is 5. The number of rotatable bonds is 6. The van der Waals surface area contributed by atoms with E-state index >= 15 is 0 Å². The lowest BCUT2D eigenvalue weighted by Crippen LogP contribution is -2.39. The molecule has 1 saturated carbocycles.